The van der Waals surface area contributed by atoms with Gasteiger partial charge in [-0.25, -0.2) is 4.39 Å². The zero-order chi connectivity index (χ0) is 15.1. The molecule has 0 amide bonds. The molecule has 0 heterocycles. The van der Waals surface area contributed by atoms with E-state index in [1.807, 2.05) is 30.0 Å². The fourth-order valence-corrected chi connectivity index (χ4v) is 3.62. The molecule has 0 saturated carbocycles. The Morgan fingerprint density at radius 1 is 1.00 bits per heavy atom. The van der Waals surface area contributed by atoms with E-state index in [0.717, 1.165) is 17.9 Å². The van der Waals surface area contributed by atoms with E-state index in [0.29, 0.717) is 11.3 Å². The normalized spacial score (nSPS) is 13.9. The summed E-state index contributed by atoms with van der Waals surface area (Å²) in [5.41, 5.74) is 1.31. The molecule has 0 aromatic heterocycles. The Balaban J connectivity index is 2.17. The molecule has 2 atom stereocenters. The molecule has 0 bridgehead atoms. The first kappa shape index (κ1) is 16.1. The SMILES string of the molecule is CCNC(c1ccccc1)C(CC)Sc1ccc(F)cc1. The zero-order valence-corrected chi connectivity index (χ0v) is 13.4. The largest absolute Gasteiger partial charge is 0.309 e. The van der Waals surface area contributed by atoms with Gasteiger partial charge in [-0.2, -0.15) is 0 Å². The van der Waals surface area contributed by atoms with Crippen molar-refractivity contribution in [1.82, 2.24) is 5.32 Å². The van der Waals surface area contributed by atoms with Crippen LogP contribution < -0.4 is 5.32 Å². The maximum Gasteiger partial charge on any atom is 0.123 e. The predicted molar refractivity (Wildman–Crippen MR) is 89.2 cm³/mol. The summed E-state index contributed by atoms with van der Waals surface area (Å²) in [6.07, 6.45) is 1.05. The van der Waals surface area contributed by atoms with E-state index in [1.54, 1.807) is 0 Å². The van der Waals surface area contributed by atoms with Gasteiger partial charge in [-0.05, 0) is 42.8 Å². The lowest BCUT2D eigenvalue weighted by molar-refractivity contribution is 0.521. The molecule has 2 aromatic carbocycles. The molecule has 112 valence electrons. The van der Waals surface area contributed by atoms with E-state index < -0.39 is 0 Å². The van der Waals surface area contributed by atoms with Crippen molar-refractivity contribution in [2.24, 2.45) is 0 Å². The quantitative estimate of drug-likeness (QED) is 0.719. The Hall–Kier alpha value is -1.32. The summed E-state index contributed by atoms with van der Waals surface area (Å²) >= 11 is 1.81. The van der Waals surface area contributed by atoms with E-state index in [-0.39, 0.29) is 5.82 Å². The number of halogens is 1. The molecule has 0 spiro atoms. The van der Waals surface area contributed by atoms with Gasteiger partial charge in [0, 0.05) is 16.2 Å². The van der Waals surface area contributed by atoms with Crippen molar-refractivity contribution >= 4 is 11.8 Å². The molecule has 21 heavy (non-hydrogen) atoms. The van der Waals surface area contributed by atoms with Crippen molar-refractivity contribution in [3.05, 3.63) is 66.0 Å². The summed E-state index contributed by atoms with van der Waals surface area (Å²) in [6, 6.07) is 17.6. The van der Waals surface area contributed by atoms with Crippen molar-refractivity contribution in [2.75, 3.05) is 6.54 Å². The highest BCUT2D eigenvalue weighted by Crippen LogP contribution is 2.34. The third kappa shape index (κ3) is 4.58. The highest BCUT2D eigenvalue weighted by Gasteiger charge is 2.21. The number of nitrogens with one attached hydrogen (secondary N) is 1. The van der Waals surface area contributed by atoms with Gasteiger partial charge in [0.25, 0.3) is 0 Å². The molecular formula is C18H22FNS. The number of rotatable bonds is 7. The molecule has 0 saturated heterocycles. The lowest BCUT2D eigenvalue weighted by Crippen LogP contribution is -2.29. The monoisotopic (exact) mass is 303 g/mol. The van der Waals surface area contributed by atoms with Crippen LogP contribution in [0.15, 0.2) is 59.5 Å². The second kappa shape index (κ2) is 8.20. The summed E-state index contributed by atoms with van der Waals surface area (Å²) in [6.45, 7) is 5.26. The number of thioether (sulfide) groups is 1. The number of hydrogen-bond donors (Lipinski definition) is 1. The Morgan fingerprint density at radius 2 is 1.67 bits per heavy atom. The van der Waals surface area contributed by atoms with Gasteiger partial charge >= 0.3 is 0 Å². The van der Waals surface area contributed by atoms with Crippen LogP contribution in [-0.2, 0) is 0 Å². The van der Waals surface area contributed by atoms with Crippen molar-refractivity contribution in [3.8, 4) is 0 Å². The maximum atomic E-state index is 13.0. The van der Waals surface area contributed by atoms with Crippen LogP contribution in [0.4, 0.5) is 4.39 Å². The van der Waals surface area contributed by atoms with Crippen LogP contribution in [-0.4, -0.2) is 11.8 Å². The lowest BCUT2D eigenvalue weighted by atomic mass is 10.0. The van der Waals surface area contributed by atoms with Crippen LogP contribution >= 0.6 is 11.8 Å². The minimum absolute atomic E-state index is 0.182. The van der Waals surface area contributed by atoms with Gasteiger partial charge < -0.3 is 5.32 Å². The first-order valence-corrected chi connectivity index (χ1v) is 8.33. The molecule has 0 radical (unpaired) electrons. The van der Waals surface area contributed by atoms with Crippen molar-refractivity contribution in [3.63, 3.8) is 0 Å². The Labute approximate surface area is 131 Å². The van der Waals surface area contributed by atoms with E-state index in [2.05, 4.69) is 43.4 Å². The molecule has 3 heteroatoms. The third-order valence-electron chi connectivity index (χ3n) is 3.46. The molecule has 1 N–H and O–H groups in total. The minimum atomic E-state index is -0.182. The second-order valence-electron chi connectivity index (χ2n) is 4.96. The molecule has 1 nitrogen and oxygen atoms in total. The van der Waals surface area contributed by atoms with Crippen molar-refractivity contribution in [2.45, 2.75) is 36.5 Å². The van der Waals surface area contributed by atoms with E-state index >= 15 is 0 Å². The highest BCUT2D eigenvalue weighted by atomic mass is 32.2. The van der Waals surface area contributed by atoms with E-state index in [4.69, 9.17) is 0 Å². The van der Waals surface area contributed by atoms with Crippen LogP contribution in [0.25, 0.3) is 0 Å². The molecule has 0 aliphatic rings. The average Bonchev–Trinajstić information content (AvgIpc) is 2.53. The number of hydrogen-bond acceptors (Lipinski definition) is 2. The van der Waals surface area contributed by atoms with Gasteiger partial charge in [0.2, 0.25) is 0 Å². The number of benzene rings is 2. The van der Waals surface area contributed by atoms with Crippen molar-refractivity contribution in [1.29, 1.82) is 0 Å². The highest BCUT2D eigenvalue weighted by molar-refractivity contribution is 8.00. The van der Waals surface area contributed by atoms with Gasteiger partial charge in [-0.1, -0.05) is 44.2 Å². The molecular weight excluding hydrogens is 281 g/mol. The van der Waals surface area contributed by atoms with Crippen LogP contribution in [0.3, 0.4) is 0 Å². The first-order chi connectivity index (χ1) is 10.2. The van der Waals surface area contributed by atoms with E-state index in [1.165, 1.54) is 17.7 Å². The summed E-state index contributed by atoms with van der Waals surface area (Å²) < 4.78 is 13.0. The molecule has 2 unspecified atom stereocenters. The van der Waals surface area contributed by atoms with Gasteiger partial charge in [0.15, 0.2) is 0 Å². The van der Waals surface area contributed by atoms with Gasteiger partial charge in [0.1, 0.15) is 5.82 Å². The zero-order valence-electron chi connectivity index (χ0n) is 12.6. The summed E-state index contributed by atoms with van der Waals surface area (Å²) in [5, 5.41) is 4.00. The maximum absolute atomic E-state index is 13.0. The fourth-order valence-electron chi connectivity index (χ4n) is 2.42. The fraction of sp³-hybridized carbons (Fsp3) is 0.333. The topological polar surface area (TPSA) is 12.0 Å². The standard InChI is InChI=1S/C18H22FNS/c1-3-17(21-16-12-10-15(19)11-13-16)18(20-4-2)14-8-6-5-7-9-14/h5-13,17-18,20H,3-4H2,1-2H3. The molecule has 0 aliphatic heterocycles. The third-order valence-corrected chi connectivity index (χ3v) is 4.91. The van der Waals surface area contributed by atoms with Crippen LogP contribution in [0.5, 0.6) is 0 Å². The second-order valence-corrected chi connectivity index (χ2v) is 6.28. The van der Waals surface area contributed by atoms with Gasteiger partial charge in [-0.15, -0.1) is 11.8 Å². The van der Waals surface area contributed by atoms with Gasteiger partial charge in [0.05, 0.1) is 0 Å². The van der Waals surface area contributed by atoms with Crippen LogP contribution in [0.2, 0.25) is 0 Å². The predicted octanol–water partition coefficient (Wildman–Crippen LogP) is 5.05. The Kier molecular flexibility index (Phi) is 6.27. The van der Waals surface area contributed by atoms with Crippen molar-refractivity contribution < 1.29 is 4.39 Å². The molecule has 0 aliphatic carbocycles. The van der Waals surface area contributed by atoms with E-state index in [9.17, 15) is 4.39 Å². The molecule has 0 fully saturated rings. The Morgan fingerprint density at radius 3 is 2.24 bits per heavy atom. The molecule has 2 aromatic rings. The summed E-state index contributed by atoms with van der Waals surface area (Å²) in [4.78, 5) is 1.11. The lowest BCUT2D eigenvalue weighted by Gasteiger charge is -2.27. The minimum Gasteiger partial charge on any atom is -0.309 e. The molecule has 2 rings (SSSR count). The van der Waals surface area contributed by atoms with Crippen LogP contribution in [0.1, 0.15) is 31.9 Å². The first-order valence-electron chi connectivity index (χ1n) is 7.45. The summed E-state index contributed by atoms with van der Waals surface area (Å²) in [7, 11) is 0. The smallest absolute Gasteiger partial charge is 0.123 e. The van der Waals surface area contributed by atoms with Crippen LogP contribution in [0, 0.1) is 5.82 Å². The average molecular weight is 303 g/mol. The Bertz CT molecular complexity index is 527. The summed E-state index contributed by atoms with van der Waals surface area (Å²) in [5.74, 6) is -0.182. The van der Waals surface area contributed by atoms with Gasteiger partial charge in [-0.3, -0.25) is 0 Å².